The van der Waals surface area contributed by atoms with Crippen LogP contribution in [0.1, 0.15) is 51.8 Å². The third kappa shape index (κ3) is 3.92. The predicted octanol–water partition coefficient (Wildman–Crippen LogP) is 2.95. The number of aromatic nitrogens is 2. The van der Waals surface area contributed by atoms with Gasteiger partial charge in [0.05, 0.1) is 0 Å². The number of rotatable bonds is 5. The maximum absolute atomic E-state index is 4.52. The first-order chi connectivity index (χ1) is 8.65. The van der Waals surface area contributed by atoms with E-state index in [0.717, 1.165) is 17.5 Å². The van der Waals surface area contributed by atoms with Gasteiger partial charge in [0.15, 0.2) is 0 Å². The summed E-state index contributed by atoms with van der Waals surface area (Å²) < 4.78 is 4.37. The first-order valence-electron chi connectivity index (χ1n) is 6.97. The van der Waals surface area contributed by atoms with Gasteiger partial charge in [0.1, 0.15) is 5.82 Å². The zero-order chi connectivity index (χ0) is 13.0. The van der Waals surface area contributed by atoms with Crippen LogP contribution in [0.5, 0.6) is 0 Å². The van der Waals surface area contributed by atoms with E-state index in [0.29, 0.717) is 12.0 Å². The van der Waals surface area contributed by atoms with Gasteiger partial charge < -0.3 is 10.2 Å². The van der Waals surface area contributed by atoms with Crippen molar-refractivity contribution in [2.24, 2.45) is 0 Å². The molecule has 5 heteroatoms. The highest BCUT2D eigenvalue weighted by Crippen LogP contribution is 2.18. The van der Waals surface area contributed by atoms with Crippen molar-refractivity contribution < 1.29 is 0 Å². The maximum Gasteiger partial charge on any atom is 0.202 e. The number of nitrogens with one attached hydrogen (secondary N) is 1. The molecule has 0 amide bonds. The van der Waals surface area contributed by atoms with Crippen LogP contribution in [-0.2, 0) is 0 Å². The van der Waals surface area contributed by atoms with Crippen molar-refractivity contribution in [2.75, 3.05) is 25.0 Å². The summed E-state index contributed by atoms with van der Waals surface area (Å²) in [6.45, 7) is 10.1. The van der Waals surface area contributed by atoms with Crippen LogP contribution < -0.4 is 5.32 Å². The van der Waals surface area contributed by atoms with Crippen LogP contribution >= 0.6 is 11.5 Å². The van der Waals surface area contributed by atoms with E-state index in [2.05, 4.69) is 40.3 Å². The Bertz CT molecular complexity index is 358. The van der Waals surface area contributed by atoms with E-state index in [-0.39, 0.29) is 0 Å². The molecule has 1 saturated heterocycles. The van der Waals surface area contributed by atoms with Crippen LogP contribution in [0, 0.1) is 0 Å². The monoisotopic (exact) mass is 268 g/mol. The van der Waals surface area contributed by atoms with Gasteiger partial charge >= 0.3 is 0 Å². The highest BCUT2D eigenvalue weighted by molar-refractivity contribution is 7.09. The first-order valence-corrected chi connectivity index (χ1v) is 7.75. The van der Waals surface area contributed by atoms with E-state index in [4.69, 9.17) is 0 Å². The van der Waals surface area contributed by atoms with Crippen LogP contribution in [0.3, 0.4) is 0 Å². The molecule has 1 aromatic rings. The van der Waals surface area contributed by atoms with Crippen molar-refractivity contribution in [2.45, 2.75) is 52.0 Å². The number of piperidine rings is 1. The molecule has 2 heterocycles. The highest BCUT2D eigenvalue weighted by Gasteiger charge is 2.15. The van der Waals surface area contributed by atoms with Crippen LogP contribution in [0.15, 0.2) is 0 Å². The normalized spacial score (nSPS) is 19.1. The Balaban J connectivity index is 1.80. The summed E-state index contributed by atoms with van der Waals surface area (Å²) in [5.74, 6) is 1.36. The Hall–Kier alpha value is -0.680. The van der Waals surface area contributed by atoms with Crippen molar-refractivity contribution in [3.05, 3.63) is 5.82 Å². The van der Waals surface area contributed by atoms with E-state index in [1.807, 2.05) is 0 Å². The second kappa shape index (κ2) is 6.48. The zero-order valence-electron chi connectivity index (χ0n) is 11.6. The lowest BCUT2D eigenvalue weighted by Crippen LogP contribution is -2.38. The molecule has 1 fully saturated rings. The second-order valence-electron chi connectivity index (χ2n) is 5.52. The predicted molar refractivity (Wildman–Crippen MR) is 77.4 cm³/mol. The molecule has 1 aromatic heterocycles. The van der Waals surface area contributed by atoms with Gasteiger partial charge in [-0.25, -0.2) is 4.98 Å². The number of likely N-dealkylation sites (tertiary alicyclic amines) is 1. The second-order valence-corrected chi connectivity index (χ2v) is 6.27. The molecule has 1 atom stereocenters. The van der Waals surface area contributed by atoms with E-state index < -0.39 is 0 Å². The molecule has 1 unspecified atom stereocenters. The van der Waals surface area contributed by atoms with Crippen LogP contribution in [0.2, 0.25) is 0 Å². The minimum atomic E-state index is 0.411. The topological polar surface area (TPSA) is 41.0 Å². The average molecular weight is 268 g/mol. The minimum Gasteiger partial charge on any atom is -0.357 e. The Kier molecular flexibility index (Phi) is 4.95. The molecular formula is C13H24N4S. The van der Waals surface area contributed by atoms with Crippen LogP contribution in [-0.4, -0.2) is 39.9 Å². The number of nitrogens with zero attached hydrogens (tertiary/aromatic N) is 3. The summed E-state index contributed by atoms with van der Waals surface area (Å²) in [7, 11) is 0. The smallest absolute Gasteiger partial charge is 0.202 e. The Morgan fingerprint density at radius 2 is 1.94 bits per heavy atom. The van der Waals surface area contributed by atoms with Crippen molar-refractivity contribution in [1.82, 2.24) is 14.3 Å². The van der Waals surface area contributed by atoms with E-state index in [1.165, 1.54) is 43.9 Å². The van der Waals surface area contributed by atoms with Gasteiger partial charge in [0.2, 0.25) is 5.13 Å². The van der Waals surface area contributed by atoms with Gasteiger partial charge in [0, 0.05) is 30.0 Å². The lowest BCUT2D eigenvalue weighted by molar-refractivity contribution is 0.223. The molecule has 0 bridgehead atoms. The highest BCUT2D eigenvalue weighted by atomic mass is 32.1. The maximum atomic E-state index is 4.52. The van der Waals surface area contributed by atoms with E-state index in [9.17, 15) is 0 Å². The molecule has 0 saturated carbocycles. The third-order valence-corrected chi connectivity index (χ3v) is 3.97. The number of anilines is 1. The molecule has 4 nitrogen and oxygen atoms in total. The van der Waals surface area contributed by atoms with Gasteiger partial charge in [-0.1, -0.05) is 20.3 Å². The fourth-order valence-electron chi connectivity index (χ4n) is 2.31. The molecule has 0 aliphatic carbocycles. The summed E-state index contributed by atoms with van der Waals surface area (Å²) in [5.41, 5.74) is 0. The number of hydrogen-bond acceptors (Lipinski definition) is 5. The third-order valence-electron chi connectivity index (χ3n) is 3.31. The molecule has 0 aromatic carbocycles. The van der Waals surface area contributed by atoms with Gasteiger partial charge in [-0.15, -0.1) is 0 Å². The summed E-state index contributed by atoms with van der Waals surface area (Å²) in [6.07, 6.45) is 4.10. The van der Waals surface area contributed by atoms with Crippen molar-refractivity contribution >= 4 is 16.7 Å². The zero-order valence-corrected chi connectivity index (χ0v) is 12.5. The lowest BCUT2D eigenvalue weighted by Gasteiger charge is -2.29. The summed E-state index contributed by atoms with van der Waals surface area (Å²) in [5, 5.41) is 4.43. The molecular weight excluding hydrogens is 244 g/mol. The Morgan fingerprint density at radius 3 is 2.56 bits per heavy atom. The molecule has 102 valence electrons. The fourth-order valence-corrected chi connectivity index (χ4v) is 3.13. The summed E-state index contributed by atoms with van der Waals surface area (Å²) >= 11 is 1.48. The van der Waals surface area contributed by atoms with Crippen LogP contribution in [0.4, 0.5) is 5.13 Å². The van der Waals surface area contributed by atoms with Crippen molar-refractivity contribution in [1.29, 1.82) is 0 Å². The quantitative estimate of drug-likeness (QED) is 0.891. The Labute approximate surface area is 114 Å². The van der Waals surface area contributed by atoms with Gasteiger partial charge in [-0.2, -0.15) is 4.37 Å². The molecule has 2 rings (SSSR count). The van der Waals surface area contributed by atoms with E-state index in [1.54, 1.807) is 0 Å². The van der Waals surface area contributed by atoms with Gasteiger partial charge in [-0.3, -0.25) is 0 Å². The molecule has 0 spiro atoms. The fraction of sp³-hybridized carbons (Fsp3) is 0.846. The van der Waals surface area contributed by atoms with Gasteiger partial charge in [-0.05, 0) is 32.9 Å². The molecule has 1 N–H and O–H groups in total. The standard InChI is InChI=1S/C13H24N4S/c1-10(2)12-15-13(18-16-12)14-11(3)9-17-7-5-4-6-8-17/h10-11H,4-9H2,1-3H3,(H,14,15,16). The Morgan fingerprint density at radius 1 is 1.22 bits per heavy atom. The van der Waals surface area contributed by atoms with Crippen LogP contribution in [0.25, 0.3) is 0 Å². The number of hydrogen-bond donors (Lipinski definition) is 1. The van der Waals surface area contributed by atoms with Crippen molar-refractivity contribution in [3.8, 4) is 0 Å². The first kappa shape index (κ1) is 13.7. The SMILES string of the molecule is CC(CN1CCCCC1)Nc1nc(C(C)C)ns1. The molecule has 18 heavy (non-hydrogen) atoms. The summed E-state index contributed by atoms with van der Waals surface area (Å²) in [6, 6.07) is 0.441. The largest absolute Gasteiger partial charge is 0.357 e. The molecule has 1 aliphatic heterocycles. The summed E-state index contributed by atoms with van der Waals surface area (Å²) in [4.78, 5) is 7.07. The lowest BCUT2D eigenvalue weighted by atomic mass is 10.1. The van der Waals surface area contributed by atoms with Gasteiger partial charge in [0.25, 0.3) is 0 Å². The van der Waals surface area contributed by atoms with E-state index >= 15 is 0 Å². The minimum absolute atomic E-state index is 0.411. The molecule has 1 aliphatic rings. The average Bonchev–Trinajstić information content (AvgIpc) is 2.78. The molecule has 0 radical (unpaired) electrons. The van der Waals surface area contributed by atoms with Crippen molar-refractivity contribution in [3.63, 3.8) is 0 Å².